The number of nitrogens with two attached hydrogens (primary N) is 1. The Hall–Kier alpha value is -2.65. The standard InChI is InChI=1S/C23H30N4O4S/c1-4-23(2,3)22-25-19-13-18(32(29,30)26-10-7-17(15-26)21(24)28)5-6-20(19)27(22)14-16-8-11-31-12-9-16/h5-7,10,13,15-16H,4,8-9,11-12,14H2,1-3H3,(H2,24,28). The van der Waals surface area contributed by atoms with Gasteiger partial charge in [-0.3, -0.25) is 4.79 Å². The summed E-state index contributed by atoms with van der Waals surface area (Å²) in [5, 5.41) is 0. The van der Waals surface area contributed by atoms with Crippen LogP contribution in [0.3, 0.4) is 0 Å². The van der Waals surface area contributed by atoms with Crippen molar-refractivity contribution in [3.63, 3.8) is 0 Å². The van der Waals surface area contributed by atoms with Crippen LogP contribution in [0.4, 0.5) is 0 Å². The van der Waals surface area contributed by atoms with E-state index < -0.39 is 15.9 Å². The molecule has 1 saturated heterocycles. The van der Waals surface area contributed by atoms with E-state index >= 15 is 0 Å². The average molecular weight is 459 g/mol. The van der Waals surface area contributed by atoms with Crippen molar-refractivity contribution in [1.29, 1.82) is 0 Å². The zero-order valence-corrected chi connectivity index (χ0v) is 19.6. The molecule has 4 rings (SSSR count). The molecule has 0 saturated carbocycles. The zero-order chi connectivity index (χ0) is 23.1. The second-order valence-corrected chi connectivity index (χ2v) is 10.9. The molecule has 3 aromatic rings. The molecule has 8 nitrogen and oxygen atoms in total. The molecule has 0 spiro atoms. The predicted molar refractivity (Wildman–Crippen MR) is 122 cm³/mol. The number of imidazole rings is 1. The third-order valence-corrected chi connectivity index (χ3v) is 8.15. The van der Waals surface area contributed by atoms with E-state index in [4.69, 9.17) is 15.5 Å². The number of hydrogen-bond donors (Lipinski definition) is 1. The van der Waals surface area contributed by atoms with E-state index in [-0.39, 0.29) is 15.9 Å². The first-order chi connectivity index (χ1) is 15.1. The summed E-state index contributed by atoms with van der Waals surface area (Å²) in [4.78, 5) is 16.4. The Morgan fingerprint density at radius 2 is 1.97 bits per heavy atom. The average Bonchev–Trinajstić information content (AvgIpc) is 3.41. The van der Waals surface area contributed by atoms with Gasteiger partial charge in [0.1, 0.15) is 5.82 Å². The maximum Gasteiger partial charge on any atom is 0.267 e. The number of carbonyl (C=O) groups excluding carboxylic acids is 1. The molecule has 9 heteroatoms. The smallest absolute Gasteiger partial charge is 0.267 e. The van der Waals surface area contributed by atoms with Crippen molar-refractivity contribution in [2.75, 3.05) is 13.2 Å². The van der Waals surface area contributed by atoms with Gasteiger partial charge in [-0.1, -0.05) is 20.8 Å². The van der Waals surface area contributed by atoms with Crippen molar-refractivity contribution in [3.8, 4) is 0 Å². The van der Waals surface area contributed by atoms with Gasteiger partial charge in [-0.2, -0.15) is 0 Å². The molecule has 2 N–H and O–H groups in total. The molecular formula is C23H30N4O4S. The fourth-order valence-corrected chi connectivity index (χ4v) is 5.33. The number of carbonyl (C=O) groups is 1. The predicted octanol–water partition coefficient (Wildman–Crippen LogP) is 3.29. The van der Waals surface area contributed by atoms with Crippen LogP contribution in [0.15, 0.2) is 41.6 Å². The summed E-state index contributed by atoms with van der Waals surface area (Å²) in [6.07, 6.45) is 5.49. The minimum atomic E-state index is -3.87. The lowest BCUT2D eigenvalue weighted by Gasteiger charge is -2.28. The topological polar surface area (TPSA) is 109 Å². The number of rotatable bonds is 7. The van der Waals surface area contributed by atoms with Crippen LogP contribution < -0.4 is 5.73 Å². The lowest BCUT2D eigenvalue weighted by Crippen LogP contribution is -2.26. The summed E-state index contributed by atoms with van der Waals surface area (Å²) >= 11 is 0. The minimum Gasteiger partial charge on any atom is -0.381 e. The molecule has 0 radical (unpaired) electrons. The second kappa shape index (κ2) is 8.37. The summed E-state index contributed by atoms with van der Waals surface area (Å²) in [7, 11) is -3.87. The van der Waals surface area contributed by atoms with Crippen LogP contribution in [0.25, 0.3) is 11.0 Å². The van der Waals surface area contributed by atoms with Crippen molar-refractivity contribution in [2.45, 2.75) is 56.9 Å². The molecule has 0 aliphatic carbocycles. The first kappa shape index (κ1) is 22.5. The molecule has 3 heterocycles. The van der Waals surface area contributed by atoms with Gasteiger partial charge in [-0.15, -0.1) is 0 Å². The van der Waals surface area contributed by atoms with E-state index in [2.05, 4.69) is 25.3 Å². The molecule has 1 aliphatic rings. The summed E-state index contributed by atoms with van der Waals surface area (Å²) < 4.78 is 35.1. The van der Waals surface area contributed by atoms with Crippen LogP contribution in [0.5, 0.6) is 0 Å². The molecule has 1 aromatic carbocycles. The third-order valence-electron chi connectivity index (χ3n) is 6.52. The van der Waals surface area contributed by atoms with Crippen molar-refractivity contribution >= 4 is 27.0 Å². The molecular weight excluding hydrogens is 428 g/mol. The molecule has 172 valence electrons. The molecule has 32 heavy (non-hydrogen) atoms. The Labute approximate surface area is 188 Å². The van der Waals surface area contributed by atoms with Gasteiger partial charge in [0, 0.05) is 37.6 Å². The van der Waals surface area contributed by atoms with Crippen LogP contribution in [0.2, 0.25) is 0 Å². The van der Waals surface area contributed by atoms with Gasteiger partial charge in [-0.05, 0) is 49.4 Å². The van der Waals surface area contributed by atoms with Crippen LogP contribution in [0, 0.1) is 5.92 Å². The van der Waals surface area contributed by atoms with Crippen LogP contribution in [-0.2, 0) is 26.7 Å². The largest absolute Gasteiger partial charge is 0.381 e. The normalized spacial score (nSPS) is 16.0. The molecule has 1 aliphatic heterocycles. The summed E-state index contributed by atoms with van der Waals surface area (Å²) in [6, 6.07) is 6.45. The van der Waals surface area contributed by atoms with Crippen LogP contribution in [-0.4, -0.2) is 41.1 Å². The van der Waals surface area contributed by atoms with Crippen molar-refractivity contribution in [2.24, 2.45) is 11.7 Å². The summed E-state index contributed by atoms with van der Waals surface area (Å²) in [5.74, 6) is 0.795. The number of ether oxygens (including phenoxy) is 1. The van der Waals surface area contributed by atoms with Gasteiger partial charge in [0.2, 0.25) is 5.91 Å². The number of amides is 1. The van der Waals surface area contributed by atoms with Gasteiger partial charge >= 0.3 is 0 Å². The molecule has 1 amide bonds. The molecule has 0 atom stereocenters. The number of fused-ring (bicyclic) bond motifs is 1. The molecule has 0 unspecified atom stereocenters. The monoisotopic (exact) mass is 458 g/mol. The molecule has 2 aromatic heterocycles. The third kappa shape index (κ3) is 4.06. The quantitative estimate of drug-likeness (QED) is 0.584. The van der Waals surface area contributed by atoms with Gasteiger partial charge in [-0.25, -0.2) is 17.4 Å². The van der Waals surface area contributed by atoms with Gasteiger partial charge in [0.25, 0.3) is 10.0 Å². The van der Waals surface area contributed by atoms with Gasteiger partial charge in [0.15, 0.2) is 0 Å². The Morgan fingerprint density at radius 3 is 2.59 bits per heavy atom. The number of aromatic nitrogens is 3. The summed E-state index contributed by atoms with van der Waals surface area (Å²) in [5.41, 5.74) is 6.83. The van der Waals surface area contributed by atoms with Crippen LogP contribution >= 0.6 is 0 Å². The van der Waals surface area contributed by atoms with E-state index in [1.54, 1.807) is 12.1 Å². The van der Waals surface area contributed by atoms with E-state index in [1.807, 2.05) is 6.07 Å². The first-order valence-corrected chi connectivity index (χ1v) is 12.4. The Kier molecular flexibility index (Phi) is 5.89. The fourth-order valence-electron chi connectivity index (χ4n) is 4.11. The van der Waals surface area contributed by atoms with E-state index in [9.17, 15) is 13.2 Å². The SMILES string of the molecule is CCC(C)(C)c1nc2cc(S(=O)(=O)n3ccc(C(N)=O)c3)ccc2n1CC1CCOCC1. The van der Waals surface area contributed by atoms with Gasteiger partial charge < -0.3 is 15.0 Å². The van der Waals surface area contributed by atoms with E-state index in [0.717, 1.165) is 54.3 Å². The lowest BCUT2D eigenvalue weighted by molar-refractivity contribution is 0.0610. The highest BCUT2D eigenvalue weighted by molar-refractivity contribution is 7.90. The molecule has 0 bridgehead atoms. The maximum atomic E-state index is 13.1. The second-order valence-electron chi connectivity index (χ2n) is 9.09. The van der Waals surface area contributed by atoms with E-state index in [0.29, 0.717) is 11.4 Å². The lowest BCUT2D eigenvalue weighted by atomic mass is 9.89. The van der Waals surface area contributed by atoms with Crippen molar-refractivity contribution < 1.29 is 17.9 Å². The van der Waals surface area contributed by atoms with Gasteiger partial charge in [0.05, 0.1) is 21.5 Å². The number of primary amides is 1. The van der Waals surface area contributed by atoms with Crippen LogP contribution in [0.1, 0.15) is 56.2 Å². The Morgan fingerprint density at radius 1 is 1.25 bits per heavy atom. The highest BCUT2D eigenvalue weighted by Gasteiger charge is 2.29. The van der Waals surface area contributed by atoms with Crippen molar-refractivity contribution in [1.82, 2.24) is 13.5 Å². The van der Waals surface area contributed by atoms with Crippen molar-refractivity contribution in [3.05, 3.63) is 48.0 Å². The highest BCUT2D eigenvalue weighted by atomic mass is 32.2. The maximum absolute atomic E-state index is 13.1. The number of hydrogen-bond acceptors (Lipinski definition) is 5. The number of nitrogens with zero attached hydrogens (tertiary/aromatic N) is 3. The van der Waals surface area contributed by atoms with E-state index in [1.165, 1.54) is 18.5 Å². The molecule has 1 fully saturated rings. The number of benzene rings is 1. The fraction of sp³-hybridized carbons (Fsp3) is 0.478. The minimum absolute atomic E-state index is 0.119. The first-order valence-electron chi connectivity index (χ1n) is 11.0. The summed E-state index contributed by atoms with van der Waals surface area (Å²) in [6.45, 7) is 8.85. The highest BCUT2D eigenvalue weighted by Crippen LogP contribution is 2.32. The Balaban J connectivity index is 1.79. The Bertz CT molecular complexity index is 1250. The zero-order valence-electron chi connectivity index (χ0n) is 18.7.